The maximum absolute atomic E-state index is 12.6. The van der Waals surface area contributed by atoms with E-state index in [9.17, 15) is 28.8 Å². The monoisotopic (exact) mass is 422 g/mol. The van der Waals surface area contributed by atoms with Gasteiger partial charge in [-0.25, -0.2) is 0 Å². The van der Waals surface area contributed by atoms with E-state index in [4.69, 9.17) is 5.11 Å². The van der Waals surface area contributed by atoms with Crippen molar-refractivity contribution < 1.29 is 29.1 Å². The minimum absolute atomic E-state index is 0.0913. The third-order valence-electron chi connectivity index (χ3n) is 4.35. The average molecular weight is 422 g/mol. The zero-order valence-corrected chi connectivity index (χ0v) is 17.0. The van der Waals surface area contributed by atoms with Crippen LogP contribution in [-0.4, -0.2) is 51.7 Å². The highest BCUT2D eigenvalue weighted by Gasteiger charge is 2.25. The maximum atomic E-state index is 12.6. The Morgan fingerprint density at radius 2 is 1.90 bits per heavy atom. The Hall–Kier alpha value is -3.50. The van der Waals surface area contributed by atoms with Crippen molar-refractivity contribution in [2.24, 2.45) is 5.92 Å². The third-order valence-corrected chi connectivity index (χ3v) is 4.35. The summed E-state index contributed by atoms with van der Waals surface area (Å²) in [5.74, 6) is -3.14. The van der Waals surface area contributed by atoms with E-state index in [2.05, 4.69) is 16.0 Å². The number of rotatable bonds is 11. The standard InChI is InChI=1S/C19H26N4O7/c1-4-11(2)17(20-12(3)25)18(29)22-14-6-5-7-23(19(14)30)9-15(26)21-13(10-24)8-16(27)28/h5-7,10-11,13,17H,4,8-9H2,1-3H3,(H,20,25)(H,21,26)(H,22,29)(H,27,28)/t11-,13-,17-/m0/s1. The molecule has 1 heterocycles. The highest BCUT2D eigenvalue weighted by atomic mass is 16.4. The molecule has 1 aromatic heterocycles. The van der Waals surface area contributed by atoms with E-state index < -0.39 is 48.4 Å². The van der Waals surface area contributed by atoms with E-state index >= 15 is 0 Å². The fourth-order valence-corrected chi connectivity index (χ4v) is 2.62. The molecule has 1 aromatic rings. The summed E-state index contributed by atoms with van der Waals surface area (Å²) in [5, 5.41) is 15.9. The fraction of sp³-hybridized carbons (Fsp3) is 0.474. The number of amides is 3. The van der Waals surface area contributed by atoms with Crippen LogP contribution in [0.1, 0.15) is 33.6 Å². The van der Waals surface area contributed by atoms with Crippen LogP contribution < -0.4 is 21.5 Å². The molecular weight excluding hydrogens is 396 g/mol. The first kappa shape index (κ1) is 24.5. The molecular formula is C19H26N4O7. The lowest BCUT2D eigenvalue weighted by Crippen LogP contribution is -2.47. The predicted octanol–water partition coefficient (Wildman–Crippen LogP) is -0.504. The molecule has 164 valence electrons. The van der Waals surface area contributed by atoms with Crippen LogP contribution in [0, 0.1) is 5.92 Å². The molecule has 0 bridgehead atoms. The normalized spacial score (nSPS) is 13.4. The Morgan fingerprint density at radius 1 is 1.23 bits per heavy atom. The zero-order chi connectivity index (χ0) is 22.8. The summed E-state index contributed by atoms with van der Waals surface area (Å²) in [6.07, 6.45) is 1.64. The van der Waals surface area contributed by atoms with Crippen molar-refractivity contribution in [1.29, 1.82) is 0 Å². The predicted molar refractivity (Wildman–Crippen MR) is 107 cm³/mol. The molecule has 0 spiro atoms. The van der Waals surface area contributed by atoms with Crippen LogP contribution in [0.25, 0.3) is 0 Å². The molecule has 11 nitrogen and oxygen atoms in total. The first-order valence-electron chi connectivity index (χ1n) is 9.32. The van der Waals surface area contributed by atoms with Crippen molar-refractivity contribution in [1.82, 2.24) is 15.2 Å². The molecule has 30 heavy (non-hydrogen) atoms. The van der Waals surface area contributed by atoms with Gasteiger partial charge >= 0.3 is 5.97 Å². The van der Waals surface area contributed by atoms with E-state index in [0.717, 1.165) is 4.57 Å². The number of carboxylic acids is 1. The Balaban J connectivity index is 2.94. The Bertz CT molecular complexity index is 865. The number of hydrogen-bond donors (Lipinski definition) is 4. The van der Waals surface area contributed by atoms with Gasteiger partial charge < -0.3 is 30.4 Å². The lowest BCUT2D eigenvalue weighted by Gasteiger charge is -2.22. The summed E-state index contributed by atoms with van der Waals surface area (Å²) >= 11 is 0. The van der Waals surface area contributed by atoms with Gasteiger partial charge in [-0.2, -0.15) is 0 Å². The van der Waals surface area contributed by atoms with Crippen LogP contribution >= 0.6 is 0 Å². The van der Waals surface area contributed by atoms with Crippen LogP contribution in [0.15, 0.2) is 23.1 Å². The molecule has 0 unspecified atom stereocenters. The molecule has 4 N–H and O–H groups in total. The number of aldehydes is 1. The summed E-state index contributed by atoms with van der Waals surface area (Å²) in [5.41, 5.74) is -0.765. The van der Waals surface area contributed by atoms with Gasteiger partial charge in [-0.3, -0.25) is 24.0 Å². The van der Waals surface area contributed by atoms with E-state index in [-0.39, 0.29) is 17.5 Å². The lowest BCUT2D eigenvalue weighted by atomic mass is 9.98. The van der Waals surface area contributed by atoms with Crippen LogP contribution in [0.3, 0.4) is 0 Å². The number of aliphatic carboxylic acids is 1. The van der Waals surface area contributed by atoms with Gasteiger partial charge in [0.05, 0.1) is 12.5 Å². The van der Waals surface area contributed by atoms with Gasteiger partial charge in [0.2, 0.25) is 17.7 Å². The molecule has 1 rings (SSSR count). The Morgan fingerprint density at radius 3 is 2.43 bits per heavy atom. The molecule has 3 atom stereocenters. The van der Waals surface area contributed by atoms with Crippen LogP contribution in [0.2, 0.25) is 0 Å². The van der Waals surface area contributed by atoms with Crippen LogP contribution in [-0.2, 0) is 30.5 Å². The average Bonchev–Trinajstić information content (AvgIpc) is 2.67. The van der Waals surface area contributed by atoms with Gasteiger partial charge in [-0.1, -0.05) is 20.3 Å². The number of carboxylic acid groups (broad SMARTS) is 1. The van der Waals surface area contributed by atoms with Crippen LogP contribution in [0.5, 0.6) is 0 Å². The van der Waals surface area contributed by atoms with Crippen molar-refractivity contribution in [3.63, 3.8) is 0 Å². The van der Waals surface area contributed by atoms with Crippen molar-refractivity contribution in [3.8, 4) is 0 Å². The first-order valence-corrected chi connectivity index (χ1v) is 9.32. The van der Waals surface area contributed by atoms with Crippen molar-refractivity contribution in [3.05, 3.63) is 28.7 Å². The number of pyridine rings is 1. The minimum atomic E-state index is -1.26. The van der Waals surface area contributed by atoms with Gasteiger partial charge in [0.15, 0.2) is 0 Å². The van der Waals surface area contributed by atoms with Gasteiger partial charge in [-0.15, -0.1) is 0 Å². The van der Waals surface area contributed by atoms with Crippen LogP contribution in [0.4, 0.5) is 5.69 Å². The third kappa shape index (κ3) is 7.49. The number of anilines is 1. The molecule has 0 saturated carbocycles. The molecule has 0 aliphatic rings. The SMILES string of the molecule is CC[C@H](C)[C@H](NC(C)=O)C(=O)Nc1cccn(CC(=O)N[C@H](C=O)CC(=O)O)c1=O. The van der Waals surface area contributed by atoms with Gasteiger partial charge in [0.1, 0.15) is 24.6 Å². The smallest absolute Gasteiger partial charge is 0.305 e. The second-order valence-corrected chi connectivity index (χ2v) is 6.82. The number of hydrogen-bond acceptors (Lipinski definition) is 6. The Kier molecular flexibility index (Phi) is 9.40. The lowest BCUT2D eigenvalue weighted by molar-refractivity contribution is -0.138. The zero-order valence-electron chi connectivity index (χ0n) is 17.0. The minimum Gasteiger partial charge on any atom is -0.481 e. The highest BCUT2D eigenvalue weighted by molar-refractivity contribution is 5.97. The largest absolute Gasteiger partial charge is 0.481 e. The van der Waals surface area contributed by atoms with E-state index in [1.165, 1.54) is 25.3 Å². The molecule has 0 saturated heterocycles. The quantitative estimate of drug-likeness (QED) is 0.349. The molecule has 3 amide bonds. The second kappa shape index (κ2) is 11.5. The second-order valence-electron chi connectivity index (χ2n) is 6.82. The number of carbonyl (C=O) groups is 5. The molecule has 0 radical (unpaired) electrons. The maximum Gasteiger partial charge on any atom is 0.305 e. The number of nitrogens with zero attached hydrogens (tertiary/aromatic N) is 1. The van der Waals surface area contributed by atoms with Crippen molar-refractivity contribution in [2.75, 3.05) is 5.32 Å². The summed E-state index contributed by atoms with van der Waals surface area (Å²) in [6.45, 7) is 4.45. The number of nitrogens with one attached hydrogen (secondary N) is 3. The summed E-state index contributed by atoms with van der Waals surface area (Å²) in [4.78, 5) is 70.1. The van der Waals surface area contributed by atoms with Crippen molar-refractivity contribution in [2.45, 2.75) is 52.2 Å². The number of aromatic nitrogens is 1. The van der Waals surface area contributed by atoms with E-state index in [1.807, 2.05) is 6.92 Å². The van der Waals surface area contributed by atoms with E-state index in [0.29, 0.717) is 12.7 Å². The van der Waals surface area contributed by atoms with Gasteiger partial charge in [0.25, 0.3) is 5.56 Å². The molecule has 0 aliphatic heterocycles. The molecule has 0 aliphatic carbocycles. The number of carbonyl (C=O) groups excluding carboxylic acids is 4. The summed E-state index contributed by atoms with van der Waals surface area (Å²) in [7, 11) is 0. The van der Waals surface area contributed by atoms with Crippen molar-refractivity contribution >= 4 is 35.7 Å². The van der Waals surface area contributed by atoms with Gasteiger partial charge in [0, 0.05) is 13.1 Å². The Labute approximate surface area is 172 Å². The highest BCUT2D eigenvalue weighted by Crippen LogP contribution is 2.10. The molecule has 0 aromatic carbocycles. The summed E-state index contributed by atoms with van der Waals surface area (Å²) in [6, 6.07) is 0.736. The molecule has 0 fully saturated rings. The molecule has 11 heteroatoms. The first-order chi connectivity index (χ1) is 14.1. The summed E-state index contributed by atoms with van der Waals surface area (Å²) < 4.78 is 1.00. The topological polar surface area (TPSA) is 164 Å². The van der Waals surface area contributed by atoms with E-state index in [1.54, 1.807) is 6.92 Å². The fourth-order valence-electron chi connectivity index (χ4n) is 2.62. The van der Waals surface area contributed by atoms with Gasteiger partial charge in [-0.05, 0) is 18.1 Å².